The van der Waals surface area contributed by atoms with Crippen LogP contribution in [0.2, 0.25) is 0 Å². The monoisotopic (exact) mass is 287 g/mol. The molecule has 5 nitrogen and oxygen atoms in total. The minimum absolute atomic E-state index is 0.201. The van der Waals surface area contributed by atoms with E-state index in [1.807, 2.05) is 38.1 Å². The lowest BCUT2D eigenvalue weighted by atomic mass is 10.1. The highest BCUT2D eigenvalue weighted by Gasteiger charge is 2.08. The van der Waals surface area contributed by atoms with Crippen LogP contribution < -0.4 is 10.5 Å². The van der Waals surface area contributed by atoms with Crippen molar-refractivity contribution in [3.8, 4) is 11.6 Å². The van der Waals surface area contributed by atoms with Crippen LogP contribution in [0.15, 0.2) is 30.3 Å². The van der Waals surface area contributed by atoms with E-state index in [9.17, 15) is 0 Å². The first kappa shape index (κ1) is 15.3. The molecular weight excluding hydrogens is 266 g/mol. The number of ether oxygens (including phenoxy) is 2. The van der Waals surface area contributed by atoms with Crippen LogP contribution in [0.3, 0.4) is 0 Å². The van der Waals surface area contributed by atoms with Gasteiger partial charge in [0.2, 0.25) is 5.88 Å². The largest absolute Gasteiger partial charge is 0.439 e. The van der Waals surface area contributed by atoms with Crippen molar-refractivity contribution in [3.05, 3.63) is 41.7 Å². The van der Waals surface area contributed by atoms with Gasteiger partial charge in [0.25, 0.3) is 0 Å². The number of aromatic nitrogens is 2. The molecule has 0 amide bonds. The lowest BCUT2D eigenvalue weighted by molar-refractivity contribution is 0.202. The van der Waals surface area contributed by atoms with E-state index in [1.54, 1.807) is 13.2 Å². The molecule has 112 valence electrons. The van der Waals surface area contributed by atoms with E-state index in [1.165, 1.54) is 5.56 Å². The van der Waals surface area contributed by atoms with Crippen LogP contribution in [0.5, 0.6) is 11.6 Å². The minimum Gasteiger partial charge on any atom is -0.439 e. The van der Waals surface area contributed by atoms with E-state index in [2.05, 4.69) is 9.97 Å². The van der Waals surface area contributed by atoms with Crippen molar-refractivity contribution in [3.63, 3.8) is 0 Å². The average Bonchev–Trinajstić information content (AvgIpc) is 2.46. The molecule has 2 N–H and O–H groups in total. The molecule has 2 rings (SSSR count). The normalized spacial score (nSPS) is 10.9. The van der Waals surface area contributed by atoms with Gasteiger partial charge in [-0.25, -0.2) is 4.98 Å². The number of nitrogens with zero attached hydrogens (tertiary/aromatic N) is 2. The lowest BCUT2D eigenvalue weighted by Gasteiger charge is -2.09. The molecule has 0 atom stereocenters. The highest BCUT2D eigenvalue weighted by molar-refractivity contribution is 5.37. The molecule has 2 aromatic rings. The van der Waals surface area contributed by atoms with Gasteiger partial charge in [0, 0.05) is 19.1 Å². The molecule has 0 saturated heterocycles. The van der Waals surface area contributed by atoms with Crippen LogP contribution in [-0.2, 0) is 11.2 Å². The smallest absolute Gasteiger partial charge is 0.224 e. The number of methoxy groups -OCH3 is 1. The molecule has 0 bridgehead atoms. The third-order valence-electron chi connectivity index (χ3n) is 3.00. The summed E-state index contributed by atoms with van der Waals surface area (Å²) in [4.78, 5) is 8.56. The topological polar surface area (TPSA) is 70.3 Å². The van der Waals surface area contributed by atoms with Crippen LogP contribution in [0.1, 0.15) is 31.2 Å². The van der Waals surface area contributed by atoms with E-state index >= 15 is 0 Å². The predicted molar refractivity (Wildman–Crippen MR) is 82.6 cm³/mol. The van der Waals surface area contributed by atoms with Crippen molar-refractivity contribution in [2.24, 2.45) is 0 Å². The number of rotatable bonds is 6. The molecule has 0 aliphatic carbocycles. The molecule has 1 aromatic heterocycles. The Morgan fingerprint density at radius 1 is 1.14 bits per heavy atom. The second-order valence-electron chi connectivity index (χ2n) is 5.13. The molecule has 5 heteroatoms. The van der Waals surface area contributed by atoms with Gasteiger partial charge < -0.3 is 15.2 Å². The maximum Gasteiger partial charge on any atom is 0.224 e. The molecule has 0 saturated carbocycles. The third kappa shape index (κ3) is 4.43. The molecule has 21 heavy (non-hydrogen) atoms. The van der Waals surface area contributed by atoms with Crippen molar-refractivity contribution in [2.75, 3.05) is 19.5 Å². The number of benzene rings is 1. The van der Waals surface area contributed by atoms with Gasteiger partial charge in [-0.05, 0) is 24.1 Å². The van der Waals surface area contributed by atoms with Crippen molar-refractivity contribution < 1.29 is 9.47 Å². The first-order chi connectivity index (χ1) is 10.1. The summed E-state index contributed by atoms with van der Waals surface area (Å²) in [5.74, 6) is 2.49. The number of hydrogen-bond acceptors (Lipinski definition) is 5. The Morgan fingerprint density at radius 3 is 2.48 bits per heavy atom. The summed E-state index contributed by atoms with van der Waals surface area (Å²) in [6, 6.07) is 9.49. The first-order valence-corrected chi connectivity index (χ1v) is 6.98. The number of hydrogen-bond donors (Lipinski definition) is 1. The molecule has 1 aromatic carbocycles. The van der Waals surface area contributed by atoms with Gasteiger partial charge in [0.05, 0.1) is 6.61 Å². The zero-order valence-corrected chi connectivity index (χ0v) is 12.7. The lowest BCUT2D eigenvalue weighted by Crippen LogP contribution is -2.03. The van der Waals surface area contributed by atoms with Crippen molar-refractivity contribution >= 4 is 5.82 Å². The Bertz CT molecular complexity index is 583. The second kappa shape index (κ2) is 7.04. The molecule has 0 spiro atoms. The first-order valence-electron chi connectivity index (χ1n) is 6.98. The number of anilines is 1. The van der Waals surface area contributed by atoms with Crippen LogP contribution in [0.4, 0.5) is 5.82 Å². The van der Waals surface area contributed by atoms with Crippen LogP contribution in [0.25, 0.3) is 0 Å². The van der Waals surface area contributed by atoms with E-state index in [4.69, 9.17) is 15.2 Å². The summed E-state index contributed by atoms with van der Waals surface area (Å²) in [6.07, 6.45) is 0.884. The van der Waals surface area contributed by atoms with Gasteiger partial charge in [-0.15, -0.1) is 0 Å². The fourth-order valence-corrected chi connectivity index (χ4v) is 1.84. The Balaban J connectivity index is 2.10. The fourth-order valence-electron chi connectivity index (χ4n) is 1.84. The average molecular weight is 287 g/mol. The van der Waals surface area contributed by atoms with E-state index in [0.717, 1.165) is 12.2 Å². The Morgan fingerprint density at radius 2 is 1.86 bits per heavy atom. The molecule has 0 fully saturated rings. The summed E-state index contributed by atoms with van der Waals surface area (Å²) in [5.41, 5.74) is 6.99. The van der Waals surface area contributed by atoms with Gasteiger partial charge in [-0.3, -0.25) is 0 Å². The fraction of sp³-hybridized carbons (Fsp3) is 0.375. The van der Waals surface area contributed by atoms with E-state index in [-0.39, 0.29) is 5.92 Å². The summed E-state index contributed by atoms with van der Waals surface area (Å²) in [6.45, 7) is 4.74. The van der Waals surface area contributed by atoms with E-state index < -0.39 is 0 Å². The highest BCUT2D eigenvalue weighted by Crippen LogP contribution is 2.23. The summed E-state index contributed by atoms with van der Waals surface area (Å²) in [5, 5.41) is 0. The number of nitrogen functional groups attached to an aromatic ring is 1. The van der Waals surface area contributed by atoms with Crippen molar-refractivity contribution in [1.82, 2.24) is 9.97 Å². The summed E-state index contributed by atoms with van der Waals surface area (Å²) >= 11 is 0. The van der Waals surface area contributed by atoms with Gasteiger partial charge in [0.15, 0.2) is 0 Å². The van der Waals surface area contributed by atoms with Crippen molar-refractivity contribution in [1.29, 1.82) is 0 Å². The zero-order valence-electron chi connectivity index (χ0n) is 12.7. The molecule has 0 aliphatic rings. The Hall–Kier alpha value is -2.14. The van der Waals surface area contributed by atoms with Crippen molar-refractivity contribution in [2.45, 2.75) is 26.2 Å². The highest BCUT2D eigenvalue weighted by atomic mass is 16.5. The number of nitrogens with two attached hydrogens (primary N) is 1. The molecule has 0 aliphatic heterocycles. The molecule has 1 heterocycles. The summed E-state index contributed by atoms with van der Waals surface area (Å²) < 4.78 is 10.8. The Kier molecular flexibility index (Phi) is 5.11. The van der Waals surface area contributed by atoms with Crippen LogP contribution in [-0.4, -0.2) is 23.7 Å². The maximum absolute atomic E-state index is 5.78. The van der Waals surface area contributed by atoms with Gasteiger partial charge in [-0.1, -0.05) is 26.0 Å². The van der Waals surface area contributed by atoms with E-state index in [0.29, 0.717) is 24.1 Å². The van der Waals surface area contributed by atoms with Crippen LogP contribution in [0, 0.1) is 0 Å². The molecule has 0 unspecified atom stereocenters. The molecular formula is C16H21N3O2. The maximum atomic E-state index is 5.78. The second-order valence-corrected chi connectivity index (χ2v) is 5.13. The van der Waals surface area contributed by atoms with Gasteiger partial charge >= 0.3 is 0 Å². The Labute approximate surface area is 125 Å². The van der Waals surface area contributed by atoms with Gasteiger partial charge in [0.1, 0.15) is 17.4 Å². The summed E-state index contributed by atoms with van der Waals surface area (Å²) in [7, 11) is 1.70. The zero-order chi connectivity index (χ0) is 15.2. The predicted octanol–water partition coefficient (Wildman–Crippen LogP) is 3.16. The minimum atomic E-state index is 0.201. The third-order valence-corrected chi connectivity index (χ3v) is 3.00. The quantitative estimate of drug-likeness (QED) is 0.883. The molecule has 0 radical (unpaired) electrons. The van der Waals surface area contributed by atoms with Gasteiger partial charge in [-0.2, -0.15) is 4.98 Å². The standard InChI is InChI=1S/C16H21N3O2/c1-11(2)16-18-14(17)10-15(19-16)21-13-6-4-12(5-7-13)8-9-20-3/h4-7,10-11H,8-9H2,1-3H3,(H2,17,18,19). The SMILES string of the molecule is COCCc1ccc(Oc2cc(N)nc(C(C)C)n2)cc1. The van der Waals surface area contributed by atoms with Crippen LogP contribution >= 0.6 is 0 Å².